The maximum atomic E-state index is 8.99. The number of rotatable bonds is 6. The van der Waals surface area contributed by atoms with Gasteiger partial charge in [-0.2, -0.15) is 0 Å². The van der Waals surface area contributed by atoms with Crippen molar-refractivity contribution in [3.05, 3.63) is 34.3 Å². The van der Waals surface area contributed by atoms with E-state index in [-0.39, 0.29) is 12.0 Å². The molecule has 0 aliphatic heterocycles. The largest absolute Gasteiger partial charge is 0.396 e. The zero-order chi connectivity index (χ0) is 12.9. The minimum atomic E-state index is 0.129. The predicted octanol–water partition coefficient (Wildman–Crippen LogP) is 3.51. The average molecular weight is 300 g/mol. The topological polar surface area (TPSA) is 32.3 Å². The molecule has 17 heavy (non-hydrogen) atoms. The third-order valence-electron chi connectivity index (χ3n) is 3.05. The van der Waals surface area contributed by atoms with Crippen molar-refractivity contribution < 1.29 is 5.11 Å². The van der Waals surface area contributed by atoms with Gasteiger partial charge < -0.3 is 10.4 Å². The first kappa shape index (κ1) is 14.7. The molecule has 0 heterocycles. The summed E-state index contributed by atoms with van der Waals surface area (Å²) in [5, 5.41) is 12.5. The molecular weight excluding hydrogens is 278 g/mol. The third kappa shape index (κ3) is 4.78. The van der Waals surface area contributed by atoms with Crippen molar-refractivity contribution in [2.75, 3.05) is 13.2 Å². The van der Waals surface area contributed by atoms with Gasteiger partial charge in [0.2, 0.25) is 0 Å². The van der Waals surface area contributed by atoms with E-state index in [4.69, 9.17) is 5.11 Å². The monoisotopic (exact) mass is 299 g/mol. The number of hydrogen-bond acceptors (Lipinski definition) is 2. The van der Waals surface area contributed by atoms with E-state index >= 15 is 0 Å². The Morgan fingerprint density at radius 3 is 2.59 bits per heavy atom. The minimum Gasteiger partial charge on any atom is -0.396 e. The van der Waals surface area contributed by atoms with Gasteiger partial charge in [-0.3, -0.25) is 0 Å². The summed E-state index contributed by atoms with van der Waals surface area (Å²) >= 11 is 3.57. The van der Waals surface area contributed by atoms with E-state index in [0.29, 0.717) is 6.04 Å². The zero-order valence-electron chi connectivity index (χ0n) is 10.8. The summed E-state index contributed by atoms with van der Waals surface area (Å²) in [6.07, 6.45) is 0.822. The van der Waals surface area contributed by atoms with Crippen molar-refractivity contribution in [3.8, 4) is 0 Å². The highest BCUT2D eigenvalue weighted by Crippen LogP contribution is 2.25. The van der Waals surface area contributed by atoms with Gasteiger partial charge in [0.15, 0.2) is 0 Å². The molecule has 1 aromatic carbocycles. The molecule has 0 radical (unpaired) electrons. The van der Waals surface area contributed by atoms with Crippen LogP contribution in [0.15, 0.2) is 28.7 Å². The first-order chi connectivity index (χ1) is 7.96. The Kier molecular flexibility index (Phi) is 5.63. The van der Waals surface area contributed by atoms with Gasteiger partial charge in [0.1, 0.15) is 0 Å². The molecule has 0 spiro atoms. The molecule has 1 rings (SSSR count). The van der Waals surface area contributed by atoms with Crippen molar-refractivity contribution in [1.29, 1.82) is 0 Å². The van der Waals surface area contributed by atoms with E-state index < -0.39 is 0 Å². The van der Waals surface area contributed by atoms with E-state index in [1.165, 1.54) is 5.56 Å². The highest BCUT2D eigenvalue weighted by molar-refractivity contribution is 9.10. The second-order valence-electron chi connectivity index (χ2n) is 5.26. The van der Waals surface area contributed by atoms with Gasteiger partial charge in [0.25, 0.3) is 0 Å². The van der Waals surface area contributed by atoms with Crippen LogP contribution >= 0.6 is 15.9 Å². The average Bonchev–Trinajstić information content (AvgIpc) is 2.27. The van der Waals surface area contributed by atoms with Gasteiger partial charge in [-0.15, -0.1) is 0 Å². The number of hydrogen-bond donors (Lipinski definition) is 2. The molecule has 1 aromatic rings. The molecule has 0 saturated carbocycles. The summed E-state index contributed by atoms with van der Waals surface area (Å²) in [6.45, 7) is 7.65. The second kappa shape index (κ2) is 6.53. The molecule has 1 atom stereocenters. The molecule has 1 unspecified atom stereocenters. The Bertz CT molecular complexity index is 352. The van der Waals surface area contributed by atoms with E-state index in [9.17, 15) is 0 Å². The molecule has 96 valence electrons. The first-order valence-corrected chi connectivity index (χ1v) is 6.84. The number of benzene rings is 1. The quantitative estimate of drug-likeness (QED) is 0.842. The molecule has 0 amide bonds. The summed E-state index contributed by atoms with van der Waals surface area (Å²) < 4.78 is 1.14. The van der Waals surface area contributed by atoms with Crippen molar-refractivity contribution in [2.45, 2.75) is 33.2 Å². The van der Waals surface area contributed by atoms with Gasteiger partial charge >= 0.3 is 0 Å². The van der Waals surface area contributed by atoms with Crippen LogP contribution in [0.1, 0.15) is 38.8 Å². The number of halogens is 1. The van der Waals surface area contributed by atoms with Crippen LogP contribution in [0.2, 0.25) is 0 Å². The Morgan fingerprint density at radius 2 is 2.00 bits per heavy atom. The highest BCUT2D eigenvalue weighted by Gasteiger charge is 2.18. The molecule has 0 bridgehead atoms. The highest BCUT2D eigenvalue weighted by atomic mass is 79.9. The summed E-state index contributed by atoms with van der Waals surface area (Å²) in [4.78, 5) is 0. The van der Waals surface area contributed by atoms with E-state index in [0.717, 1.165) is 17.4 Å². The fraction of sp³-hybridized carbons (Fsp3) is 0.571. The van der Waals surface area contributed by atoms with Crippen LogP contribution in [0.25, 0.3) is 0 Å². The van der Waals surface area contributed by atoms with Gasteiger partial charge in [-0.05, 0) is 30.4 Å². The molecular formula is C14H22BrNO. The number of aliphatic hydroxyl groups is 1. The van der Waals surface area contributed by atoms with Gasteiger partial charge in [-0.25, -0.2) is 0 Å². The summed E-state index contributed by atoms with van der Waals surface area (Å²) in [5.74, 6) is 0. The van der Waals surface area contributed by atoms with E-state index in [1.54, 1.807) is 0 Å². The molecule has 2 nitrogen and oxygen atoms in total. The maximum absolute atomic E-state index is 8.99. The predicted molar refractivity (Wildman–Crippen MR) is 76.0 cm³/mol. The van der Waals surface area contributed by atoms with Crippen LogP contribution in [0.3, 0.4) is 0 Å². The molecule has 2 N–H and O–H groups in total. The Balaban J connectivity index is 2.56. The Morgan fingerprint density at radius 1 is 1.35 bits per heavy atom. The van der Waals surface area contributed by atoms with Crippen molar-refractivity contribution in [1.82, 2.24) is 5.32 Å². The lowest BCUT2D eigenvalue weighted by Gasteiger charge is -2.27. The summed E-state index contributed by atoms with van der Waals surface area (Å²) in [5.41, 5.74) is 1.40. The van der Waals surface area contributed by atoms with Crippen molar-refractivity contribution >= 4 is 15.9 Å². The van der Waals surface area contributed by atoms with Gasteiger partial charge in [0, 0.05) is 23.7 Å². The normalized spacial score (nSPS) is 13.7. The third-order valence-corrected chi connectivity index (χ3v) is 3.77. The standard InChI is InChI=1S/C14H22BrNO/c1-11(12-6-4-5-7-13(12)15)16-10-14(2,3)8-9-17/h4-7,11,16-17H,8-10H2,1-3H3. The van der Waals surface area contributed by atoms with Gasteiger partial charge in [0.05, 0.1) is 0 Å². The number of aliphatic hydroxyl groups excluding tert-OH is 1. The maximum Gasteiger partial charge on any atom is 0.0436 e. The first-order valence-electron chi connectivity index (χ1n) is 6.05. The Labute approximate surface area is 113 Å². The smallest absolute Gasteiger partial charge is 0.0436 e. The fourth-order valence-electron chi connectivity index (χ4n) is 1.76. The van der Waals surface area contributed by atoms with E-state index in [1.807, 2.05) is 6.07 Å². The molecule has 0 aromatic heterocycles. The van der Waals surface area contributed by atoms with Crippen LogP contribution in [0.4, 0.5) is 0 Å². The van der Waals surface area contributed by atoms with Crippen LogP contribution in [-0.4, -0.2) is 18.3 Å². The molecule has 3 heteroatoms. The lowest BCUT2D eigenvalue weighted by atomic mass is 9.89. The number of nitrogens with one attached hydrogen (secondary N) is 1. The zero-order valence-corrected chi connectivity index (χ0v) is 12.4. The summed E-state index contributed by atoms with van der Waals surface area (Å²) in [7, 11) is 0. The van der Waals surface area contributed by atoms with Crippen LogP contribution in [-0.2, 0) is 0 Å². The summed E-state index contributed by atoms with van der Waals surface area (Å²) in [6, 6.07) is 8.57. The van der Waals surface area contributed by atoms with Gasteiger partial charge in [-0.1, -0.05) is 48.0 Å². The minimum absolute atomic E-state index is 0.129. The lowest BCUT2D eigenvalue weighted by Crippen LogP contribution is -2.32. The van der Waals surface area contributed by atoms with Crippen LogP contribution in [0, 0.1) is 5.41 Å². The van der Waals surface area contributed by atoms with Crippen molar-refractivity contribution in [2.24, 2.45) is 5.41 Å². The van der Waals surface area contributed by atoms with Crippen LogP contribution in [0.5, 0.6) is 0 Å². The fourth-order valence-corrected chi connectivity index (χ4v) is 2.38. The van der Waals surface area contributed by atoms with Crippen LogP contribution < -0.4 is 5.32 Å². The SMILES string of the molecule is CC(NCC(C)(C)CCO)c1ccccc1Br. The molecule has 0 aliphatic rings. The Hall–Kier alpha value is -0.380. The van der Waals surface area contributed by atoms with E-state index in [2.05, 4.69) is 60.2 Å². The van der Waals surface area contributed by atoms with Crippen molar-refractivity contribution in [3.63, 3.8) is 0 Å². The molecule has 0 saturated heterocycles. The molecule has 0 fully saturated rings. The second-order valence-corrected chi connectivity index (χ2v) is 6.12. The lowest BCUT2D eigenvalue weighted by molar-refractivity contribution is 0.203. The molecule has 0 aliphatic carbocycles.